The van der Waals surface area contributed by atoms with Crippen LogP contribution in [0.15, 0.2) is 41.3 Å². The maximum atomic E-state index is 12.2. The summed E-state index contributed by atoms with van der Waals surface area (Å²) in [5.74, 6) is -0.0973. The predicted octanol–water partition coefficient (Wildman–Crippen LogP) is 2.29. The van der Waals surface area contributed by atoms with Crippen molar-refractivity contribution in [3.8, 4) is 17.5 Å². The molecule has 0 aliphatic rings. The lowest BCUT2D eigenvalue weighted by Gasteiger charge is -2.15. The number of thiol groups is 1. The van der Waals surface area contributed by atoms with Crippen LogP contribution in [0.2, 0.25) is 0 Å². The lowest BCUT2D eigenvalue weighted by Crippen LogP contribution is -2.26. The average molecular weight is 440 g/mol. The SMILES string of the molecule is COC[C@@H](C)Oc1cc(C(=O)NC(=N)S)cc(Oc2ccc(S(C)(=O)=O)cc2)n1. The van der Waals surface area contributed by atoms with Crippen molar-refractivity contribution in [2.75, 3.05) is 20.0 Å². The van der Waals surface area contributed by atoms with Gasteiger partial charge in [0.25, 0.3) is 5.91 Å². The maximum absolute atomic E-state index is 12.2. The number of nitrogens with one attached hydrogen (secondary N) is 2. The first-order valence-corrected chi connectivity index (χ1v) is 10.7. The van der Waals surface area contributed by atoms with E-state index >= 15 is 0 Å². The smallest absolute Gasteiger partial charge is 0.257 e. The van der Waals surface area contributed by atoms with Gasteiger partial charge in [0, 0.05) is 25.5 Å². The van der Waals surface area contributed by atoms with Crippen LogP contribution in [0.3, 0.4) is 0 Å². The maximum Gasteiger partial charge on any atom is 0.257 e. The fourth-order valence-electron chi connectivity index (χ4n) is 2.25. The predicted molar refractivity (Wildman–Crippen MR) is 110 cm³/mol. The number of hydrogen-bond donors (Lipinski definition) is 3. The molecular weight excluding hydrogens is 418 g/mol. The minimum Gasteiger partial charge on any atom is -0.472 e. The van der Waals surface area contributed by atoms with Crippen LogP contribution in [0.25, 0.3) is 0 Å². The molecule has 1 aromatic carbocycles. The van der Waals surface area contributed by atoms with Crippen LogP contribution >= 0.6 is 12.6 Å². The van der Waals surface area contributed by atoms with Gasteiger partial charge in [-0.25, -0.2) is 8.42 Å². The zero-order valence-corrected chi connectivity index (χ0v) is 17.7. The fourth-order valence-corrected chi connectivity index (χ4v) is 2.99. The van der Waals surface area contributed by atoms with Crippen molar-refractivity contribution in [3.05, 3.63) is 42.0 Å². The second-order valence-corrected chi connectivity index (χ2v) is 8.53. The minimum atomic E-state index is -3.33. The topological polar surface area (TPSA) is 128 Å². The van der Waals surface area contributed by atoms with Gasteiger partial charge in [-0.15, -0.1) is 12.6 Å². The molecule has 2 rings (SSSR count). The first-order valence-electron chi connectivity index (χ1n) is 8.33. The molecule has 0 spiro atoms. The minimum absolute atomic E-state index is 0.0510. The molecule has 0 aliphatic carbocycles. The third kappa shape index (κ3) is 7.04. The zero-order valence-electron chi connectivity index (χ0n) is 16.0. The Morgan fingerprint density at radius 3 is 2.41 bits per heavy atom. The third-order valence-corrected chi connectivity index (χ3v) is 4.71. The normalized spacial score (nSPS) is 12.1. The number of amides is 1. The summed E-state index contributed by atoms with van der Waals surface area (Å²) >= 11 is 3.74. The van der Waals surface area contributed by atoms with E-state index in [0.717, 1.165) is 6.26 Å². The van der Waals surface area contributed by atoms with Crippen molar-refractivity contribution >= 4 is 33.5 Å². The van der Waals surface area contributed by atoms with Crippen molar-refractivity contribution < 1.29 is 27.4 Å². The molecule has 0 unspecified atom stereocenters. The van der Waals surface area contributed by atoms with Gasteiger partial charge in [0.05, 0.1) is 17.1 Å². The molecule has 1 amide bonds. The monoisotopic (exact) mass is 439 g/mol. The van der Waals surface area contributed by atoms with Crippen LogP contribution in [0.1, 0.15) is 17.3 Å². The molecule has 29 heavy (non-hydrogen) atoms. The quantitative estimate of drug-likeness (QED) is 0.327. The second kappa shape index (κ2) is 9.72. The summed E-state index contributed by atoms with van der Waals surface area (Å²) in [5.41, 5.74) is 0.140. The molecule has 156 valence electrons. The molecule has 0 fully saturated rings. The molecule has 0 saturated carbocycles. The Morgan fingerprint density at radius 2 is 1.86 bits per heavy atom. The van der Waals surface area contributed by atoms with Gasteiger partial charge in [0.15, 0.2) is 15.0 Å². The van der Waals surface area contributed by atoms with Gasteiger partial charge < -0.3 is 19.5 Å². The largest absolute Gasteiger partial charge is 0.472 e. The summed E-state index contributed by atoms with van der Waals surface area (Å²) in [6.45, 7) is 2.08. The number of carbonyl (C=O) groups is 1. The highest BCUT2D eigenvalue weighted by atomic mass is 32.2. The van der Waals surface area contributed by atoms with Gasteiger partial charge in [0.2, 0.25) is 11.8 Å². The van der Waals surface area contributed by atoms with Crippen LogP contribution in [0, 0.1) is 5.41 Å². The number of nitrogens with zero attached hydrogens (tertiary/aromatic N) is 1. The molecule has 1 heterocycles. The Hall–Kier alpha value is -2.63. The van der Waals surface area contributed by atoms with Gasteiger partial charge in [0.1, 0.15) is 11.9 Å². The van der Waals surface area contributed by atoms with E-state index in [-0.39, 0.29) is 33.5 Å². The van der Waals surface area contributed by atoms with Gasteiger partial charge in [-0.2, -0.15) is 4.98 Å². The van der Waals surface area contributed by atoms with E-state index in [4.69, 9.17) is 19.6 Å². The Morgan fingerprint density at radius 1 is 1.24 bits per heavy atom. The summed E-state index contributed by atoms with van der Waals surface area (Å²) in [6.07, 6.45) is 0.770. The number of aromatic nitrogens is 1. The highest BCUT2D eigenvalue weighted by Crippen LogP contribution is 2.25. The van der Waals surface area contributed by atoms with Crippen LogP contribution in [0.5, 0.6) is 17.5 Å². The highest BCUT2D eigenvalue weighted by molar-refractivity contribution is 7.96. The fraction of sp³-hybridized carbons (Fsp3) is 0.278. The lowest BCUT2D eigenvalue weighted by molar-refractivity contribution is 0.0880. The summed E-state index contributed by atoms with van der Waals surface area (Å²) in [7, 11) is -1.80. The van der Waals surface area contributed by atoms with Crippen molar-refractivity contribution in [1.82, 2.24) is 10.3 Å². The molecule has 0 radical (unpaired) electrons. The second-order valence-electron chi connectivity index (χ2n) is 6.06. The number of methoxy groups -OCH3 is 1. The van der Waals surface area contributed by atoms with E-state index in [1.165, 1.54) is 43.5 Å². The molecule has 11 heteroatoms. The third-order valence-electron chi connectivity index (χ3n) is 3.47. The summed E-state index contributed by atoms with van der Waals surface area (Å²) < 4.78 is 39.4. The number of ether oxygens (including phenoxy) is 3. The van der Waals surface area contributed by atoms with Gasteiger partial charge in [-0.05, 0) is 31.2 Å². The van der Waals surface area contributed by atoms with Crippen molar-refractivity contribution in [2.24, 2.45) is 0 Å². The molecular formula is C18H21N3O6S2. The van der Waals surface area contributed by atoms with Crippen molar-refractivity contribution in [3.63, 3.8) is 0 Å². The standard InChI is InChI=1S/C18H21N3O6S2/c1-11(10-25-2)26-15-8-12(17(22)21-18(19)28)9-16(20-15)27-13-4-6-14(7-5-13)29(3,23)24/h4-9,11H,10H2,1-3H3,(H3,19,21,22,28)/t11-/m1/s1. The molecule has 1 aromatic heterocycles. The van der Waals surface area contributed by atoms with Crippen LogP contribution in [-0.4, -0.2) is 50.6 Å². The number of pyridine rings is 1. The number of sulfone groups is 1. The van der Waals surface area contributed by atoms with E-state index in [0.29, 0.717) is 12.4 Å². The van der Waals surface area contributed by atoms with Gasteiger partial charge in [-0.1, -0.05) is 0 Å². The van der Waals surface area contributed by atoms with E-state index in [1.807, 2.05) is 0 Å². The number of benzene rings is 1. The van der Waals surface area contributed by atoms with E-state index in [1.54, 1.807) is 6.92 Å². The Kier molecular flexibility index (Phi) is 7.59. The molecule has 2 N–H and O–H groups in total. The number of hydrogen-bond acceptors (Lipinski definition) is 8. The molecule has 0 saturated heterocycles. The van der Waals surface area contributed by atoms with Gasteiger partial charge >= 0.3 is 0 Å². The number of rotatable bonds is 8. The van der Waals surface area contributed by atoms with Crippen LogP contribution < -0.4 is 14.8 Å². The lowest BCUT2D eigenvalue weighted by atomic mass is 10.2. The number of amidine groups is 1. The summed E-state index contributed by atoms with van der Waals surface area (Å²) in [4.78, 5) is 16.6. The highest BCUT2D eigenvalue weighted by Gasteiger charge is 2.15. The van der Waals surface area contributed by atoms with Crippen LogP contribution in [-0.2, 0) is 14.6 Å². The van der Waals surface area contributed by atoms with Crippen molar-refractivity contribution in [1.29, 1.82) is 5.41 Å². The first-order chi connectivity index (χ1) is 13.6. The van der Waals surface area contributed by atoms with Crippen LogP contribution in [0.4, 0.5) is 0 Å². The average Bonchev–Trinajstić information content (AvgIpc) is 2.60. The van der Waals surface area contributed by atoms with Crippen molar-refractivity contribution in [2.45, 2.75) is 17.9 Å². The Labute approximate surface area is 174 Å². The van der Waals surface area contributed by atoms with Gasteiger partial charge in [-0.3, -0.25) is 10.2 Å². The molecule has 1 atom stereocenters. The number of carbonyl (C=O) groups excluding carboxylic acids is 1. The molecule has 9 nitrogen and oxygen atoms in total. The Bertz CT molecular complexity index is 993. The van der Waals surface area contributed by atoms with E-state index in [2.05, 4.69) is 22.9 Å². The summed E-state index contributed by atoms with van der Waals surface area (Å²) in [6, 6.07) is 8.52. The molecule has 2 aromatic rings. The summed E-state index contributed by atoms with van der Waals surface area (Å²) in [5, 5.41) is 9.23. The molecule has 0 aliphatic heterocycles. The Balaban J connectivity index is 2.33. The van der Waals surface area contributed by atoms with E-state index < -0.39 is 15.7 Å². The molecule has 0 bridgehead atoms. The zero-order chi connectivity index (χ0) is 21.6. The van der Waals surface area contributed by atoms with E-state index in [9.17, 15) is 13.2 Å². The first kappa shape index (κ1) is 22.7.